The summed E-state index contributed by atoms with van der Waals surface area (Å²) in [6, 6.07) is 8.95. The highest BCUT2D eigenvalue weighted by atomic mass is 32.2. The first kappa shape index (κ1) is 19.5. The summed E-state index contributed by atoms with van der Waals surface area (Å²) in [5.74, 6) is 0. The molecule has 2 aromatic rings. The second-order valence-corrected chi connectivity index (χ2v) is 7.73. The summed E-state index contributed by atoms with van der Waals surface area (Å²) in [5.41, 5.74) is -0.400. The lowest BCUT2D eigenvalue weighted by atomic mass is 10.3. The fourth-order valence-electron chi connectivity index (χ4n) is 2.51. The highest BCUT2D eigenvalue weighted by Gasteiger charge is 2.38. The predicted octanol–water partition coefficient (Wildman–Crippen LogP) is 3.43. The largest absolute Gasteiger partial charge is 0.435 e. The minimum absolute atomic E-state index is 0.229. The van der Waals surface area contributed by atoms with E-state index in [4.69, 9.17) is 5.26 Å². The number of halogens is 3. The lowest BCUT2D eigenvalue weighted by molar-refractivity contribution is -0.140. The summed E-state index contributed by atoms with van der Waals surface area (Å²) < 4.78 is 40.9. The van der Waals surface area contributed by atoms with E-state index in [1.54, 1.807) is 35.0 Å². The van der Waals surface area contributed by atoms with E-state index in [1.807, 2.05) is 12.1 Å². The summed E-state index contributed by atoms with van der Waals surface area (Å²) in [5, 5.41) is 11.7. The molecule has 1 fully saturated rings. The molecule has 6 nitrogen and oxygen atoms in total. The Morgan fingerprint density at radius 2 is 1.89 bits per heavy atom. The molecular weight excluding hydrogens is 399 g/mol. The first-order valence-electron chi connectivity index (χ1n) is 7.87. The number of piperazine rings is 1. The van der Waals surface area contributed by atoms with Crippen LogP contribution in [0.4, 0.5) is 24.0 Å². The van der Waals surface area contributed by atoms with E-state index in [-0.39, 0.29) is 5.13 Å². The number of hydrogen-bond donors (Lipinski definition) is 1. The van der Waals surface area contributed by atoms with Crippen LogP contribution in [-0.4, -0.2) is 41.9 Å². The third-order valence-corrected chi connectivity index (χ3v) is 5.94. The molecule has 142 valence electrons. The maximum atomic E-state index is 12.9. The number of nitriles is 1. The summed E-state index contributed by atoms with van der Waals surface area (Å²) in [6.07, 6.45) is -4.01. The van der Waals surface area contributed by atoms with Gasteiger partial charge in [0.2, 0.25) is 6.41 Å². The van der Waals surface area contributed by atoms with E-state index < -0.39 is 16.7 Å². The van der Waals surface area contributed by atoms with Crippen molar-refractivity contribution in [3.8, 4) is 6.07 Å². The topological polar surface area (TPSA) is 72.3 Å². The minimum atomic E-state index is -4.62. The minimum Gasteiger partial charge on any atom is -0.345 e. The molecule has 1 saturated heterocycles. The van der Waals surface area contributed by atoms with Crippen molar-refractivity contribution >= 4 is 40.5 Å². The molecule has 0 aliphatic carbocycles. The van der Waals surface area contributed by atoms with Crippen LogP contribution in [0.15, 0.2) is 29.2 Å². The predicted molar refractivity (Wildman–Crippen MR) is 97.6 cm³/mol. The number of alkyl halides is 3. The average Bonchev–Trinajstić information content (AvgIpc) is 3.09. The van der Waals surface area contributed by atoms with Gasteiger partial charge in [-0.05, 0) is 36.2 Å². The number of benzene rings is 1. The van der Waals surface area contributed by atoms with Gasteiger partial charge >= 0.3 is 6.18 Å². The normalized spacial score (nSPS) is 15.4. The molecule has 1 amide bonds. The third kappa shape index (κ3) is 4.71. The molecule has 0 bridgehead atoms. The monoisotopic (exact) mass is 413 g/mol. The molecule has 27 heavy (non-hydrogen) atoms. The van der Waals surface area contributed by atoms with Gasteiger partial charge in [-0.15, -0.1) is 0 Å². The van der Waals surface area contributed by atoms with Crippen LogP contribution in [0.5, 0.6) is 0 Å². The highest BCUT2D eigenvalue weighted by Crippen LogP contribution is 2.37. The van der Waals surface area contributed by atoms with Crippen molar-refractivity contribution < 1.29 is 18.0 Å². The van der Waals surface area contributed by atoms with Crippen LogP contribution >= 0.6 is 23.3 Å². The summed E-state index contributed by atoms with van der Waals surface area (Å²) in [7, 11) is 0. The first-order valence-corrected chi connectivity index (χ1v) is 9.46. The Morgan fingerprint density at radius 3 is 2.41 bits per heavy atom. The van der Waals surface area contributed by atoms with E-state index >= 15 is 0 Å². The van der Waals surface area contributed by atoms with Crippen LogP contribution in [0, 0.1) is 11.3 Å². The van der Waals surface area contributed by atoms with Gasteiger partial charge in [-0.2, -0.15) is 18.4 Å². The Bertz CT molecular complexity index is 839. The fraction of sp³-hybridized carbons (Fsp3) is 0.312. The summed E-state index contributed by atoms with van der Waals surface area (Å²) in [6.45, 7) is 2.32. The van der Waals surface area contributed by atoms with Gasteiger partial charge in [0.25, 0.3) is 0 Å². The van der Waals surface area contributed by atoms with Crippen molar-refractivity contribution in [2.24, 2.45) is 0 Å². The van der Waals surface area contributed by atoms with Crippen LogP contribution in [0.25, 0.3) is 0 Å². The van der Waals surface area contributed by atoms with Gasteiger partial charge in [0, 0.05) is 36.8 Å². The maximum Gasteiger partial charge on any atom is 0.435 e. The Hall–Kier alpha value is -2.29. The van der Waals surface area contributed by atoms with Crippen LogP contribution in [-0.2, 0) is 11.0 Å². The summed E-state index contributed by atoms with van der Waals surface area (Å²) >= 11 is 2.32. The molecule has 1 aromatic heterocycles. The third-order valence-electron chi connectivity index (χ3n) is 3.81. The Morgan fingerprint density at radius 1 is 1.22 bits per heavy atom. The van der Waals surface area contributed by atoms with Gasteiger partial charge in [-0.3, -0.25) is 4.79 Å². The van der Waals surface area contributed by atoms with Crippen molar-refractivity contribution in [3.63, 3.8) is 0 Å². The van der Waals surface area contributed by atoms with E-state index in [0.29, 0.717) is 38.3 Å². The Balaban J connectivity index is 1.60. The molecule has 0 atom stereocenters. The molecule has 0 saturated carbocycles. The lowest BCUT2D eigenvalue weighted by Crippen LogP contribution is -2.43. The number of nitrogens with one attached hydrogen (secondary N) is 1. The van der Waals surface area contributed by atoms with Crippen molar-refractivity contribution in [1.29, 1.82) is 5.26 Å². The standard InChI is InChI=1S/C16H14F3N5OS2/c17-16(18,19)14-13(9-20)26-15(22-14)23-5-7-24(8-6-23)27-12-3-1-11(2-4-12)21-10-25/h1-4,10H,5-8H2,(H,21,25). The molecule has 3 rings (SSSR count). The molecule has 1 aromatic carbocycles. The van der Waals surface area contributed by atoms with Crippen molar-refractivity contribution in [2.45, 2.75) is 11.1 Å². The second kappa shape index (κ2) is 8.16. The van der Waals surface area contributed by atoms with E-state index in [2.05, 4.69) is 14.6 Å². The van der Waals surface area contributed by atoms with Gasteiger partial charge in [0.1, 0.15) is 10.9 Å². The fourth-order valence-corrected chi connectivity index (χ4v) is 4.35. The number of hydrogen-bond acceptors (Lipinski definition) is 7. The highest BCUT2D eigenvalue weighted by molar-refractivity contribution is 7.97. The van der Waals surface area contributed by atoms with Gasteiger partial charge < -0.3 is 10.2 Å². The van der Waals surface area contributed by atoms with Gasteiger partial charge in [-0.1, -0.05) is 11.3 Å². The molecule has 0 radical (unpaired) electrons. The quantitative estimate of drug-likeness (QED) is 0.598. The Kier molecular flexibility index (Phi) is 5.88. The SMILES string of the molecule is N#Cc1sc(N2CCN(Sc3ccc(NC=O)cc3)CC2)nc1C(F)(F)F. The first-order chi connectivity index (χ1) is 12.9. The number of aromatic nitrogens is 1. The van der Waals surface area contributed by atoms with E-state index in [9.17, 15) is 18.0 Å². The van der Waals surface area contributed by atoms with E-state index in [1.165, 1.54) is 0 Å². The second-order valence-electron chi connectivity index (χ2n) is 5.58. The molecule has 1 N–H and O–H groups in total. The smallest absolute Gasteiger partial charge is 0.345 e. The number of carbonyl (C=O) groups excluding carboxylic acids is 1. The molecule has 0 spiro atoms. The summed E-state index contributed by atoms with van der Waals surface area (Å²) in [4.78, 5) is 16.4. The maximum absolute atomic E-state index is 12.9. The van der Waals surface area contributed by atoms with Crippen LogP contribution < -0.4 is 10.2 Å². The number of anilines is 2. The van der Waals surface area contributed by atoms with Gasteiger partial charge in [0.05, 0.1) is 0 Å². The molecule has 0 unspecified atom stereocenters. The number of rotatable bonds is 5. The zero-order valence-corrected chi connectivity index (χ0v) is 15.5. The number of thiazole rings is 1. The van der Waals surface area contributed by atoms with Crippen molar-refractivity contribution in [2.75, 3.05) is 36.4 Å². The molecular formula is C16H14F3N5OS2. The van der Waals surface area contributed by atoms with Gasteiger partial charge in [-0.25, -0.2) is 9.29 Å². The lowest BCUT2D eigenvalue weighted by Gasteiger charge is -2.33. The number of amides is 1. The molecule has 2 heterocycles. The van der Waals surface area contributed by atoms with Crippen LogP contribution in [0.2, 0.25) is 0 Å². The van der Waals surface area contributed by atoms with E-state index in [0.717, 1.165) is 16.2 Å². The van der Waals surface area contributed by atoms with Crippen molar-refractivity contribution in [3.05, 3.63) is 34.8 Å². The van der Waals surface area contributed by atoms with Crippen LogP contribution in [0.1, 0.15) is 10.6 Å². The van der Waals surface area contributed by atoms with Crippen molar-refractivity contribution in [1.82, 2.24) is 9.29 Å². The van der Waals surface area contributed by atoms with Crippen LogP contribution in [0.3, 0.4) is 0 Å². The average molecular weight is 413 g/mol. The molecule has 11 heteroatoms. The number of nitrogens with zero attached hydrogens (tertiary/aromatic N) is 4. The molecule has 1 aliphatic rings. The zero-order chi connectivity index (χ0) is 19.4. The Labute approximate surface area is 161 Å². The molecule has 1 aliphatic heterocycles. The zero-order valence-electron chi connectivity index (χ0n) is 13.9. The van der Waals surface area contributed by atoms with Gasteiger partial charge in [0.15, 0.2) is 10.8 Å². The number of carbonyl (C=O) groups is 1.